The molecule has 0 saturated carbocycles. The third kappa shape index (κ3) is 2.10. The van der Waals surface area contributed by atoms with Crippen LogP contribution in [0.2, 0.25) is 0 Å². The van der Waals surface area contributed by atoms with Crippen LogP contribution in [0.3, 0.4) is 0 Å². The molecule has 1 aromatic heterocycles. The first-order chi connectivity index (χ1) is 9.19. The lowest BCUT2D eigenvalue weighted by atomic mass is 10.0. The summed E-state index contributed by atoms with van der Waals surface area (Å²) in [5.41, 5.74) is 8.69. The number of nitrogens with two attached hydrogens (primary N) is 1. The van der Waals surface area contributed by atoms with Gasteiger partial charge in [-0.2, -0.15) is 0 Å². The van der Waals surface area contributed by atoms with E-state index in [1.807, 2.05) is 6.07 Å². The van der Waals surface area contributed by atoms with Crippen molar-refractivity contribution < 1.29 is 9.13 Å². The minimum absolute atomic E-state index is 0.183. The van der Waals surface area contributed by atoms with E-state index in [9.17, 15) is 4.39 Å². The number of hydrogen-bond acceptors (Lipinski definition) is 3. The predicted molar refractivity (Wildman–Crippen MR) is 70.5 cm³/mol. The largest absolute Gasteiger partial charge is 0.494 e. The normalized spacial score (nSPS) is 18.2. The molecule has 2 N–H and O–H groups in total. The lowest BCUT2D eigenvalue weighted by Gasteiger charge is -2.21. The summed E-state index contributed by atoms with van der Waals surface area (Å²) in [6.45, 7) is 0.779. The van der Waals surface area contributed by atoms with Gasteiger partial charge in [0.05, 0.1) is 19.1 Å². The number of halogens is 1. The smallest absolute Gasteiger partial charge is 0.165 e. The Morgan fingerprint density at radius 2 is 2.32 bits per heavy atom. The van der Waals surface area contributed by atoms with Gasteiger partial charge in [-0.1, -0.05) is 0 Å². The van der Waals surface area contributed by atoms with Gasteiger partial charge in [-0.25, -0.2) is 9.37 Å². The molecule has 0 bridgehead atoms. The SMILES string of the molecule is COc1ccc(-c2ncn3c2CCC(N)C3)cc1F. The van der Waals surface area contributed by atoms with Crippen molar-refractivity contribution in [3.05, 3.63) is 36.0 Å². The van der Waals surface area contributed by atoms with Gasteiger partial charge in [0.15, 0.2) is 11.6 Å². The van der Waals surface area contributed by atoms with Crippen LogP contribution in [-0.4, -0.2) is 22.7 Å². The standard InChI is InChI=1S/C14H16FN3O/c1-19-13-5-2-9(6-11(13)15)14-12-4-3-10(16)7-18(12)8-17-14/h2,5-6,8,10H,3-4,7,16H2,1H3. The van der Waals surface area contributed by atoms with Crippen LogP contribution in [0.25, 0.3) is 11.3 Å². The first kappa shape index (κ1) is 12.2. The molecule has 100 valence electrons. The van der Waals surface area contributed by atoms with Crippen molar-refractivity contribution in [1.29, 1.82) is 0 Å². The number of aromatic nitrogens is 2. The molecule has 0 aliphatic carbocycles. The number of ether oxygens (including phenoxy) is 1. The van der Waals surface area contributed by atoms with E-state index in [4.69, 9.17) is 10.5 Å². The van der Waals surface area contributed by atoms with Gasteiger partial charge in [-0.05, 0) is 31.0 Å². The van der Waals surface area contributed by atoms with E-state index >= 15 is 0 Å². The number of imidazole rings is 1. The lowest BCUT2D eigenvalue weighted by Crippen LogP contribution is -2.31. The Morgan fingerprint density at radius 3 is 3.05 bits per heavy atom. The maximum absolute atomic E-state index is 13.8. The van der Waals surface area contributed by atoms with Crippen molar-refractivity contribution in [2.45, 2.75) is 25.4 Å². The monoisotopic (exact) mass is 261 g/mol. The first-order valence-corrected chi connectivity index (χ1v) is 6.32. The number of methoxy groups -OCH3 is 1. The molecule has 2 aromatic rings. The number of benzene rings is 1. The van der Waals surface area contributed by atoms with Crippen LogP contribution in [0.15, 0.2) is 24.5 Å². The third-order valence-electron chi connectivity index (χ3n) is 3.55. The second kappa shape index (κ2) is 4.66. The molecular formula is C14H16FN3O. The van der Waals surface area contributed by atoms with E-state index in [0.717, 1.165) is 36.3 Å². The molecule has 0 spiro atoms. The molecule has 5 heteroatoms. The van der Waals surface area contributed by atoms with E-state index in [1.54, 1.807) is 12.4 Å². The number of nitrogens with zero attached hydrogens (tertiary/aromatic N) is 2. The van der Waals surface area contributed by atoms with Crippen LogP contribution in [0.4, 0.5) is 4.39 Å². The Bertz CT molecular complexity index is 609. The highest BCUT2D eigenvalue weighted by Gasteiger charge is 2.20. The molecule has 0 fully saturated rings. The van der Waals surface area contributed by atoms with E-state index in [1.165, 1.54) is 13.2 Å². The molecule has 1 aliphatic heterocycles. The summed E-state index contributed by atoms with van der Waals surface area (Å²) in [5.74, 6) is -0.117. The molecule has 1 aliphatic rings. The Balaban J connectivity index is 2.01. The lowest BCUT2D eigenvalue weighted by molar-refractivity contribution is 0.386. The second-order valence-electron chi connectivity index (χ2n) is 4.84. The van der Waals surface area contributed by atoms with Crippen LogP contribution >= 0.6 is 0 Å². The molecular weight excluding hydrogens is 245 g/mol. The van der Waals surface area contributed by atoms with Crippen molar-refractivity contribution in [2.75, 3.05) is 7.11 Å². The van der Waals surface area contributed by atoms with Gasteiger partial charge in [0.25, 0.3) is 0 Å². The molecule has 1 atom stereocenters. The summed E-state index contributed by atoms with van der Waals surface area (Å²) < 4.78 is 20.7. The topological polar surface area (TPSA) is 53.1 Å². The molecule has 0 amide bonds. The van der Waals surface area contributed by atoms with E-state index in [-0.39, 0.29) is 17.6 Å². The van der Waals surface area contributed by atoms with Gasteiger partial charge < -0.3 is 15.0 Å². The molecule has 1 unspecified atom stereocenters. The molecule has 1 aromatic carbocycles. The Hall–Kier alpha value is -1.88. The zero-order chi connectivity index (χ0) is 13.4. The first-order valence-electron chi connectivity index (χ1n) is 6.32. The summed E-state index contributed by atoms with van der Waals surface area (Å²) in [4.78, 5) is 4.40. The zero-order valence-electron chi connectivity index (χ0n) is 10.8. The summed E-state index contributed by atoms with van der Waals surface area (Å²) in [6.07, 6.45) is 3.60. The van der Waals surface area contributed by atoms with Crippen molar-refractivity contribution in [3.8, 4) is 17.0 Å². The molecule has 0 saturated heterocycles. The summed E-state index contributed by atoms with van der Waals surface area (Å²) >= 11 is 0. The summed E-state index contributed by atoms with van der Waals surface area (Å²) in [7, 11) is 1.46. The average Bonchev–Trinajstić information content (AvgIpc) is 2.81. The van der Waals surface area contributed by atoms with Gasteiger partial charge in [0.1, 0.15) is 0 Å². The van der Waals surface area contributed by atoms with E-state index in [2.05, 4.69) is 9.55 Å². The molecule has 19 heavy (non-hydrogen) atoms. The van der Waals surface area contributed by atoms with Crippen molar-refractivity contribution in [1.82, 2.24) is 9.55 Å². The predicted octanol–water partition coefficient (Wildman–Crippen LogP) is 1.97. The Labute approximate surface area is 111 Å². The van der Waals surface area contributed by atoms with Gasteiger partial charge in [0, 0.05) is 23.8 Å². The highest BCUT2D eigenvalue weighted by molar-refractivity contribution is 5.63. The van der Waals surface area contributed by atoms with Crippen LogP contribution < -0.4 is 10.5 Å². The highest BCUT2D eigenvalue weighted by atomic mass is 19.1. The average molecular weight is 261 g/mol. The third-order valence-corrected chi connectivity index (χ3v) is 3.55. The Kier molecular flexibility index (Phi) is 2.98. The van der Waals surface area contributed by atoms with Crippen molar-refractivity contribution >= 4 is 0 Å². The minimum Gasteiger partial charge on any atom is -0.494 e. The van der Waals surface area contributed by atoms with E-state index < -0.39 is 0 Å². The molecule has 3 rings (SSSR count). The van der Waals surface area contributed by atoms with Crippen molar-refractivity contribution in [2.24, 2.45) is 5.73 Å². The highest BCUT2D eigenvalue weighted by Crippen LogP contribution is 2.29. The van der Waals surface area contributed by atoms with Crippen LogP contribution in [0.5, 0.6) is 5.75 Å². The van der Waals surface area contributed by atoms with Gasteiger partial charge in [-0.15, -0.1) is 0 Å². The zero-order valence-corrected chi connectivity index (χ0v) is 10.8. The van der Waals surface area contributed by atoms with Crippen molar-refractivity contribution in [3.63, 3.8) is 0 Å². The molecule has 4 nitrogen and oxygen atoms in total. The number of fused-ring (bicyclic) bond motifs is 1. The maximum Gasteiger partial charge on any atom is 0.165 e. The van der Waals surface area contributed by atoms with Crippen LogP contribution in [0.1, 0.15) is 12.1 Å². The van der Waals surface area contributed by atoms with Crippen LogP contribution in [0, 0.1) is 5.82 Å². The minimum atomic E-state index is -0.366. The van der Waals surface area contributed by atoms with Crippen LogP contribution in [-0.2, 0) is 13.0 Å². The van der Waals surface area contributed by atoms with Gasteiger partial charge >= 0.3 is 0 Å². The molecule has 2 heterocycles. The fraction of sp³-hybridized carbons (Fsp3) is 0.357. The second-order valence-corrected chi connectivity index (χ2v) is 4.84. The van der Waals surface area contributed by atoms with E-state index in [0.29, 0.717) is 0 Å². The Morgan fingerprint density at radius 1 is 1.47 bits per heavy atom. The van der Waals surface area contributed by atoms with Gasteiger partial charge in [-0.3, -0.25) is 0 Å². The number of rotatable bonds is 2. The maximum atomic E-state index is 13.8. The quantitative estimate of drug-likeness (QED) is 0.899. The fourth-order valence-electron chi connectivity index (χ4n) is 2.55. The molecule has 0 radical (unpaired) electrons. The number of hydrogen-bond donors (Lipinski definition) is 1. The fourth-order valence-corrected chi connectivity index (χ4v) is 2.55. The van der Waals surface area contributed by atoms with Gasteiger partial charge in [0.2, 0.25) is 0 Å². The summed E-state index contributed by atoms with van der Waals surface area (Å²) in [6, 6.07) is 5.11. The summed E-state index contributed by atoms with van der Waals surface area (Å²) in [5, 5.41) is 0.